The van der Waals surface area contributed by atoms with Crippen molar-refractivity contribution in [1.29, 1.82) is 0 Å². The summed E-state index contributed by atoms with van der Waals surface area (Å²) in [7, 11) is -1.63. The van der Waals surface area contributed by atoms with Crippen LogP contribution in [-0.4, -0.2) is 40.3 Å². The summed E-state index contributed by atoms with van der Waals surface area (Å²) >= 11 is 0. The number of amides is 1. The second kappa shape index (κ2) is 8.76. The number of nitrogens with one attached hydrogen (secondary N) is 2. The van der Waals surface area contributed by atoms with Crippen molar-refractivity contribution >= 4 is 33.1 Å². The van der Waals surface area contributed by atoms with Crippen molar-refractivity contribution in [3.8, 4) is 28.1 Å². The summed E-state index contributed by atoms with van der Waals surface area (Å²) in [4.78, 5) is 20.4. The second-order valence-corrected chi connectivity index (χ2v) is 10.6. The predicted octanol–water partition coefficient (Wildman–Crippen LogP) is 3.85. The lowest BCUT2D eigenvalue weighted by Gasteiger charge is -2.23. The number of pyridine rings is 2. The van der Waals surface area contributed by atoms with E-state index in [0.29, 0.717) is 35.2 Å². The number of ether oxygens (including phenoxy) is 1. The molecule has 36 heavy (non-hydrogen) atoms. The van der Waals surface area contributed by atoms with Gasteiger partial charge in [-0.2, -0.15) is 5.10 Å². The van der Waals surface area contributed by atoms with Crippen LogP contribution < -0.4 is 15.4 Å². The van der Waals surface area contributed by atoms with Gasteiger partial charge in [0.05, 0.1) is 17.6 Å². The zero-order valence-corrected chi connectivity index (χ0v) is 21.0. The Morgan fingerprint density at radius 2 is 1.86 bits per heavy atom. The SMILES string of the molecule is CC(=O)Nc1cc(Nc2cc(C)cc(S(C)(=O)=O)n2)c(-c2cccc3c2OCc2cnn(C)c2-3)cn1. The highest BCUT2D eigenvalue weighted by Crippen LogP contribution is 2.45. The van der Waals surface area contributed by atoms with Crippen molar-refractivity contribution in [3.05, 3.63) is 59.9 Å². The van der Waals surface area contributed by atoms with E-state index in [2.05, 4.69) is 25.7 Å². The molecule has 0 unspecified atom stereocenters. The van der Waals surface area contributed by atoms with Crippen LogP contribution in [0, 0.1) is 6.92 Å². The molecule has 0 atom stereocenters. The Bertz CT molecular complexity index is 1630. The standard InChI is InChI=1S/C25H24N6O4S/c1-14-8-22(30-23(9-14)36(4,33)34)29-20-10-21(28-15(2)32)26-12-19(20)17-6-5-7-18-24-16(11-27-31(24)3)13-35-25(17)18/h5-12H,13H2,1-4H3,(H2,26,28,29,30,32). The van der Waals surface area contributed by atoms with Gasteiger partial charge in [0.1, 0.15) is 24.0 Å². The third-order valence-corrected chi connectivity index (χ3v) is 6.71. The van der Waals surface area contributed by atoms with Crippen LogP contribution >= 0.6 is 0 Å². The molecule has 184 valence electrons. The summed E-state index contributed by atoms with van der Waals surface area (Å²) in [6.45, 7) is 3.57. The third-order valence-electron chi connectivity index (χ3n) is 5.74. The molecule has 4 aromatic rings. The number of aromatic nitrogens is 4. The fourth-order valence-electron chi connectivity index (χ4n) is 4.23. The molecule has 0 saturated carbocycles. The normalized spacial score (nSPS) is 12.3. The summed E-state index contributed by atoms with van der Waals surface area (Å²) in [5.41, 5.74) is 5.65. The molecule has 0 saturated heterocycles. The summed E-state index contributed by atoms with van der Waals surface area (Å²) in [6, 6.07) is 10.8. The number of benzene rings is 1. The van der Waals surface area contributed by atoms with Crippen LogP contribution in [0.15, 0.2) is 53.8 Å². The molecular formula is C25H24N6O4S. The molecule has 3 aromatic heterocycles. The number of carbonyl (C=O) groups is 1. The molecule has 11 heteroatoms. The molecule has 0 fully saturated rings. The van der Waals surface area contributed by atoms with Gasteiger partial charge in [-0.15, -0.1) is 0 Å². The zero-order valence-electron chi connectivity index (χ0n) is 20.2. The number of hydrogen-bond donors (Lipinski definition) is 2. The highest BCUT2D eigenvalue weighted by molar-refractivity contribution is 7.90. The van der Waals surface area contributed by atoms with Crippen LogP contribution in [0.5, 0.6) is 5.75 Å². The van der Waals surface area contributed by atoms with E-state index >= 15 is 0 Å². The van der Waals surface area contributed by atoms with E-state index in [4.69, 9.17) is 4.74 Å². The molecule has 4 heterocycles. The number of carbonyl (C=O) groups excluding carboxylic acids is 1. The Kier molecular flexibility index (Phi) is 5.71. The smallest absolute Gasteiger partial charge is 0.222 e. The van der Waals surface area contributed by atoms with Crippen LogP contribution in [0.2, 0.25) is 0 Å². The van der Waals surface area contributed by atoms with Gasteiger partial charge in [0.15, 0.2) is 14.9 Å². The zero-order chi connectivity index (χ0) is 25.6. The lowest BCUT2D eigenvalue weighted by atomic mass is 9.96. The van der Waals surface area contributed by atoms with Gasteiger partial charge in [-0.05, 0) is 30.7 Å². The van der Waals surface area contributed by atoms with Gasteiger partial charge in [0, 0.05) is 54.7 Å². The number of nitrogens with zero attached hydrogens (tertiary/aromatic N) is 4. The number of aryl methyl sites for hydroxylation is 2. The largest absolute Gasteiger partial charge is 0.487 e. The predicted molar refractivity (Wildman–Crippen MR) is 136 cm³/mol. The number of fused-ring (bicyclic) bond motifs is 3. The highest BCUT2D eigenvalue weighted by atomic mass is 32.2. The van der Waals surface area contributed by atoms with E-state index in [1.165, 1.54) is 13.0 Å². The molecular weight excluding hydrogens is 480 g/mol. The fraction of sp³-hybridized carbons (Fsp3) is 0.200. The Balaban J connectivity index is 1.66. The Morgan fingerprint density at radius 1 is 1.08 bits per heavy atom. The Hall–Kier alpha value is -4.25. The number of rotatable bonds is 5. The van der Waals surface area contributed by atoms with Crippen molar-refractivity contribution in [1.82, 2.24) is 19.7 Å². The van der Waals surface area contributed by atoms with Gasteiger partial charge in [0.2, 0.25) is 5.91 Å². The average Bonchev–Trinajstić information content (AvgIpc) is 3.19. The van der Waals surface area contributed by atoms with E-state index in [1.807, 2.05) is 29.9 Å². The maximum atomic E-state index is 12.1. The highest BCUT2D eigenvalue weighted by Gasteiger charge is 2.25. The number of para-hydroxylation sites is 1. The number of sulfone groups is 1. The van der Waals surface area contributed by atoms with Crippen molar-refractivity contribution in [2.45, 2.75) is 25.5 Å². The van der Waals surface area contributed by atoms with Crippen molar-refractivity contribution in [2.24, 2.45) is 7.05 Å². The first-order chi connectivity index (χ1) is 17.1. The second-order valence-electron chi connectivity index (χ2n) is 8.67. The van der Waals surface area contributed by atoms with Gasteiger partial charge in [-0.1, -0.05) is 12.1 Å². The molecule has 0 spiro atoms. The van der Waals surface area contributed by atoms with Gasteiger partial charge in [-0.3, -0.25) is 9.48 Å². The summed E-state index contributed by atoms with van der Waals surface area (Å²) in [6.07, 6.45) is 4.55. The summed E-state index contributed by atoms with van der Waals surface area (Å²) in [5, 5.41) is 10.2. The third kappa shape index (κ3) is 4.40. The maximum Gasteiger partial charge on any atom is 0.222 e. The quantitative estimate of drug-likeness (QED) is 0.419. The van der Waals surface area contributed by atoms with Crippen molar-refractivity contribution in [2.75, 3.05) is 16.9 Å². The lowest BCUT2D eigenvalue weighted by Crippen LogP contribution is -2.10. The Morgan fingerprint density at radius 3 is 2.61 bits per heavy atom. The monoisotopic (exact) mass is 504 g/mol. The summed E-state index contributed by atoms with van der Waals surface area (Å²) in [5.74, 6) is 1.10. The molecule has 0 radical (unpaired) electrons. The van der Waals surface area contributed by atoms with Crippen LogP contribution in [0.25, 0.3) is 22.4 Å². The molecule has 1 amide bonds. The van der Waals surface area contributed by atoms with Crippen LogP contribution in [0.1, 0.15) is 18.1 Å². The summed E-state index contributed by atoms with van der Waals surface area (Å²) < 4.78 is 32.3. The molecule has 1 aromatic carbocycles. The lowest BCUT2D eigenvalue weighted by molar-refractivity contribution is -0.114. The molecule has 0 aliphatic carbocycles. The molecule has 0 bridgehead atoms. The average molecular weight is 505 g/mol. The van der Waals surface area contributed by atoms with Crippen molar-refractivity contribution in [3.63, 3.8) is 0 Å². The topological polar surface area (TPSA) is 128 Å². The molecule has 2 N–H and O–H groups in total. The minimum Gasteiger partial charge on any atom is -0.487 e. The van der Waals surface area contributed by atoms with Gasteiger partial charge < -0.3 is 15.4 Å². The van der Waals surface area contributed by atoms with E-state index < -0.39 is 9.84 Å². The van der Waals surface area contributed by atoms with Gasteiger partial charge >= 0.3 is 0 Å². The minimum absolute atomic E-state index is 0.0353. The molecule has 10 nitrogen and oxygen atoms in total. The number of hydrogen-bond acceptors (Lipinski definition) is 8. The first-order valence-corrected chi connectivity index (χ1v) is 13.0. The molecule has 1 aliphatic rings. The first kappa shape index (κ1) is 23.5. The van der Waals surface area contributed by atoms with E-state index in [-0.39, 0.29) is 10.9 Å². The first-order valence-electron chi connectivity index (χ1n) is 11.1. The van der Waals surface area contributed by atoms with Crippen LogP contribution in [0.3, 0.4) is 0 Å². The van der Waals surface area contributed by atoms with E-state index in [0.717, 1.165) is 34.2 Å². The molecule has 5 rings (SSSR count). The molecule has 1 aliphatic heterocycles. The minimum atomic E-state index is -3.51. The fourth-order valence-corrected chi connectivity index (χ4v) is 4.89. The van der Waals surface area contributed by atoms with E-state index in [9.17, 15) is 13.2 Å². The Labute approximate surface area is 208 Å². The van der Waals surface area contributed by atoms with Crippen LogP contribution in [-0.2, 0) is 28.3 Å². The van der Waals surface area contributed by atoms with Gasteiger partial charge in [-0.25, -0.2) is 18.4 Å². The van der Waals surface area contributed by atoms with E-state index in [1.54, 1.807) is 31.5 Å². The van der Waals surface area contributed by atoms with Gasteiger partial charge in [0.25, 0.3) is 0 Å². The number of anilines is 3. The van der Waals surface area contributed by atoms with Crippen LogP contribution in [0.4, 0.5) is 17.3 Å². The maximum absolute atomic E-state index is 12.1. The van der Waals surface area contributed by atoms with Crippen molar-refractivity contribution < 1.29 is 17.9 Å².